The Morgan fingerprint density at radius 1 is 1.03 bits per heavy atom. The van der Waals surface area contributed by atoms with Crippen molar-refractivity contribution in [3.8, 4) is 5.75 Å². The van der Waals surface area contributed by atoms with Crippen LogP contribution in [0, 0.1) is 0 Å². The van der Waals surface area contributed by atoms with Gasteiger partial charge in [0.25, 0.3) is 6.43 Å². The van der Waals surface area contributed by atoms with Crippen molar-refractivity contribution in [1.29, 1.82) is 0 Å². The number of benzene rings is 3. The molecule has 34 heavy (non-hydrogen) atoms. The molecule has 3 aromatic rings. The Bertz CT molecular complexity index is 1200. The molecule has 0 fully saturated rings. The van der Waals surface area contributed by atoms with Gasteiger partial charge in [-0.15, -0.1) is 0 Å². The summed E-state index contributed by atoms with van der Waals surface area (Å²) < 4.78 is 30.7. The minimum Gasteiger partial charge on any atom is -0.508 e. The lowest BCUT2D eigenvalue weighted by molar-refractivity contribution is -0.131. The molecule has 1 aliphatic rings. The highest BCUT2D eigenvalue weighted by atomic mass is 19.3. The monoisotopic (exact) mass is 463 g/mol. The second-order valence-corrected chi connectivity index (χ2v) is 8.85. The van der Waals surface area contributed by atoms with E-state index in [1.807, 2.05) is 24.3 Å². The molecule has 6 heteroatoms. The van der Waals surface area contributed by atoms with Crippen LogP contribution in [0.5, 0.6) is 5.75 Å². The van der Waals surface area contributed by atoms with E-state index in [0.29, 0.717) is 46.8 Å². The van der Waals surface area contributed by atoms with Gasteiger partial charge in [-0.1, -0.05) is 56.3 Å². The number of aliphatic carboxylic acids is 1. The molecule has 0 saturated carbocycles. The van der Waals surface area contributed by atoms with Crippen molar-refractivity contribution in [3.05, 3.63) is 101 Å². The predicted molar refractivity (Wildman–Crippen MR) is 130 cm³/mol. The minimum absolute atomic E-state index is 0.0470. The summed E-state index contributed by atoms with van der Waals surface area (Å²) in [5, 5.41) is 18.9. The summed E-state index contributed by atoms with van der Waals surface area (Å²) in [4.78, 5) is 12.6. The SMILES string of the molecule is CC(C)c1ccc(N2CCc3cc(O)ccc3C2(c2ccc(C=CC(=O)O)cc2)C(F)F)cc1. The van der Waals surface area contributed by atoms with E-state index < -0.39 is 17.9 Å². The first-order valence-corrected chi connectivity index (χ1v) is 11.2. The quantitative estimate of drug-likeness (QED) is 0.428. The van der Waals surface area contributed by atoms with Crippen LogP contribution in [0.2, 0.25) is 0 Å². The molecule has 0 aromatic heterocycles. The van der Waals surface area contributed by atoms with Crippen LogP contribution in [0.15, 0.2) is 72.8 Å². The highest BCUT2D eigenvalue weighted by Gasteiger charge is 2.51. The number of alkyl halides is 2. The van der Waals surface area contributed by atoms with Gasteiger partial charge in [-0.3, -0.25) is 0 Å². The van der Waals surface area contributed by atoms with E-state index in [2.05, 4.69) is 13.8 Å². The zero-order valence-corrected chi connectivity index (χ0v) is 19.1. The summed E-state index contributed by atoms with van der Waals surface area (Å²) in [6, 6.07) is 18.9. The number of rotatable bonds is 6. The van der Waals surface area contributed by atoms with E-state index in [4.69, 9.17) is 5.11 Å². The summed E-state index contributed by atoms with van der Waals surface area (Å²) in [6.45, 7) is 4.52. The molecule has 0 amide bonds. The molecule has 0 spiro atoms. The van der Waals surface area contributed by atoms with Crippen LogP contribution in [0.25, 0.3) is 6.08 Å². The fourth-order valence-corrected chi connectivity index (χ4v) is 4.77. The van der Waals surface area contributed by atoms with Crippen molar-refractivity contribution in [3.63, 3.8) is 0 Å². The Morgan fingerprint density at radius 3 is 2.29 bits per heavy atom. The van der Waals surface area contributed by atoms with Gasteiger partial charge in [-0.05, 0) is 70.5 Å². The first-order chi connectivity index (χ1) is 16.2. The lowest BCUT2D eigenvalue weighted by atomic mass is 9.75. The van der Waals surface area contributed by atoms with Crippen molar-refractivity contribution >= 4 is 17.7 Å². The topological polar surface area (TPSA) is 60.8 Å². The van der Waals surface area contributed by atoms with E-state index in [1.165, 1.54) is 12.1 Å². The number of carboxylic acids is 1. The summed E-state index contributed by atoms with van der Waals surface area (Å²) in [7, 11) is 0. The second-order valence-electron chi connectivity index (χ2n) is 8.85. The smallest absolute Gasteiger partial charge is 0.328 e. The molecule has 1 atom stereocenters. The third-order valence-corrected chi connectivity index (χ3v) is 6.49. The predicted octanol–water partition coefficient (Wildman–Crippen LogP) is 6.18. The highest BCUT2D eigenvalue weighted by molar-refractivity contribution is 5.85. The second kappa shape index (κ2) is 9.29. The Balaban J connectivity index is 1.91. The van der Waals surface area contributed by atoms with Crippen LogP contribution in [0.1, 0.15) is 47.6 Å². The van der Waals surface area contributed by atoms with Crippen LogP contribution < -0.4 is 4.90 Å². The Labute approximate surface area is 197 Å². The number of aromatic hydroxyl groups is 1. The molecule has 3 aromatic carbocycles. The molecular formula is C28H27F2NO3. The average molecular weight is 464 g/mol. The molecule has 0 radical (unpaired) electrons. The van der Waals surface area contributed by atoms with Crippen molar-refractivity contribution < 1.29 is 23.8 Å². The third kappa shape index (κ3) is 4.16. The number of anilines is 1. The zero-order valence-electron chi connectivity index (χ0n) is 19.1. The molecule has 4 rings (SSSR count). The average Bonchev–Trinajstić information content (AvgIpc) is 2.82. The van der Waals surface area contributed by atoms with Gasteiger partial charge in [-0.2, -0.15) is 0 Å². The largest absolute Gasteiger partial charge is 0.508 e. The minimum atomic E-state index is -2.78. The Morgan fingerprint density at radius 2 is 1.71 bits per heavy atom. The lowest BCUT2D eigenvalue weighted by Gasteiger charge is -2.49. The summed E-state index contributed by atoms with van der Waals surface area (Å²) >= 11 is 0. The van der Waals surface area contributed by atoms with E-state index >= 15 is 8.78 Å². The summed E-state index contributed by atoms with van der Waals surface area (Å²) in [6.07, 6.45) is 0.181. The van der Waals surface area contributed by atoms with Crippen molar-refractivity contribution in [1.82, 2.24) is 0 Å². The number of hydrogen-bond acceptors (Lipinski definition) is 3. The molecule has 4 nitrogen and oxygen atoms in total. The van der Waals surface area contributed by atoms with Crippen molar-refractivity contribution in [2.75, 3.05) is 11.4 Å². The molecule has 0 saturated heterocycles. The van der Waals surface area contributed by atoms with Crippen LogP contribution in [-0.2, 0) is 16.8 Å². The van der Waals surface area contributed by atoms with Gasteiger partial charge in [0, 0.05) is 18.3 Å². The number of nitrogens with zero attached hydrogens (tertiary/aromatic N) is 1. The van der Waals surface area contributed by atoms with E-state index in [0.717, 1.165) is 11.6 Å². The number of hydrogen-bond donors (Lipinski definition) is 2. The van der Waals surface area contributed by atoms with Gasteiger partial charge in [0.2, 0.25) is 0 Å². The molecule has 0 aliphatic carbocycles. The summed E-state index contributed by atoms with van der Waals surface area (Å²) in [5.41, 5.74) is 2.19. The highest BCUT2D eigenvalue weighted by Crippen LogP contribution is 2.48. The lowest BCUT2D eigenvalue weighted by Crippen LogP contribution is -2.56. The Hall–Kier alpha value is -3.67. The number of fused-ring (bicyclic) bond motifs is 1. The van der Waals surface area contributed by atoms with Crippen LogP contribution in [-0.4, -0.2) is 29.2 Å². The van der Waals surface area contributed by atoms with E-state index in [-0.39, 0.29) is 5.75 Å². The maximum absolute atomic E-state index is 15.3. The maximum Gasteiger partial charge on any atom is 0.328 e. The molecule has 176 valence electrons. The van der Waals surface area contributed by atoms with Crippen molar-refractivity contribution in [2.45, 2.75) is 38.2 Å². The molecule has 1 heterocycles. The standard InChI is InChI=1S/C28H27F2NO3/c1-18(2)20-6-10-23(11-7-20)31-16-15-21-17-24(32)12-13-25(21)28(31,27(29)30)22-8-3-19(4-9-22)5-14-26(33)34/h3-14,17-18,27,32H,15-16H2,1-2H3,(H,33,34). The van der Waals surface area contributed by atoms with Gasteiger partial charge < -0.3 is 15.1 Å². The number of phenolic OH excluding ortho intramolecular Hbond substituents is 1. The van der Waals surface area contributed by atoms with Gasteiger partial charge in [-0.25, -0.2) is 13.6 Å². The normalized spacial score (nSPS) is 18.0. The first-order valence-electron chi connectivity index (χ1n) is 11.2. The van der Waals surface area contributed by atoms with E-state index in [1.54, 1.807) is 41.3 Å². The van der Waals surface area contributed by atoms with Gasteiger partial charge in [0.1, 0.15) is 5.75 Å². The van der Waals surface area contributed by atoms with Crippen LogP contribution in [0.4, 0.5) is 14.5 Å². The number of carbonyl (C=O) groups is 1. The van der Waals surface area contributed by atoms with Gasteiger partial charge >= 0.3 is 5.97 Å². The molecule has 2 N–H and O–H groups in total. The third-order valence-electron chi connectivity index (χ3n) is 6.49. The van der Waals surface area contributed by atoms with Crippen LogP contribution >= 0.6 is 0 Å². The number of halogens is 2. The molecule has 1 aliphatic heterocycles. The Kier molecular flexibility index (Phi) is 6.42. The molecule has 0 bridgehead atoms. The maximum atomic E-state index is 15.3. The fourth-order valence-electron chi connectivity index (χ4n) is 4.77. The fraction of sp³-hybridized carbons (Fsp3) is 0.250. The number of phenols is 1. The molecular weight excluding hydrogens is 436 g/mol. The number of carboxylic acid groups (broad SMARTS) is 1. The summed E-state index contributed by atoms with van der Waals surface area (Å²) in [5.74, 6) is -0.707. The zero-order chi connectivity index (χ0) is 24.5. The van der Waals surface area contributed by atoms with Gasteiger partial charge in [0.15, 0.2) is 5.54 Å². The molecule has 1 unspecified atom stereocenters. The first kappa shape index (κ1) is 23.5. The van der Waals surface area contributed by atoms with E-state index in [9.17, 15) is 9.90 Å². The van der Waals surface area contributed by atoms with Crippen molar-refractivity contribution in [2.24, 2.45) is 0 Å². The van der Waals surface area contributed by atoms with Crippen LogP contribution in [0.3, 0.4) is 0 Å². The van der Waals surface area contributed by atoms with Gasteiger partial charge in [0.05, 0.1) is 0 Å².